The third-order valence-corrected chi connectivity index (χ3v) is 7.27. The highest BCUT2D eigenvalue weighted by Crippen LogP contribution is 2.31. The number of nitro benzene ring substituents is 1. The second-order valence-electron chi connectivity index (χ2n) is 9.41. The standard InChI is InChI=1S/C29H25N3O6S/c1-16(2)37-28(34)25-18(4)30-29-31(26(25)19-8-6-5-7-9-19)27(33)24(39-29)15-21-12-13-23(38-21)20-11-10-17(3)22(14-20)32(35)36/h5-16,26H,1-4H3. The summed E-state index contributed by atoms with van der Waals surface area (Å²) in [5, 5.41) is 11.3. The molecule has 0 radical (unpaired) electrons. The van der Waals surface area contributed by atoms with Crippen molar-refractivity contribution in [1.29, 1.82) is 0 Å². The molecular formula is C29H25N3O6S. The van der Waals surface area contributed by atoms with Crippen LogP contribution < -0.4 is 14.9 Å². The number of hydrogen-bond acceptors (Lipinski definition) is 8. The molecule has 198 valence electrons. The van der Waals surface area contributed by atoms with E-state index in [9.17, 15) is 19.7 Å². The Kier molecular flexibility index (Phi) is 6.88. The van der Waals surface area contributed by atoms with Gasteiger partial charge in [-0.2, -0.15) is 0 Å². The number of nitrogens with zero attached hydrogens (tertiary/aromatic N) is 3. The summed E-state index contributed by atoms with van der Waals surface area (Å²) in [6.07, 6.45) is 1.28. The number of thiazole rings is 1. The van der Waals surface area contributed by atoms with Gasteiger partial charge in [0.1, 0.15) is 11.5 Å². The van der Waals surface area contributed by atoms with Crippen molar-refractivity contribution in [3.05, 3.63) is 119 Å². The summed E-state index contributed by atoms with van der Waals surface area (Å²) in [5.74, 6) is 0.330. The zero-order valence-corrected chi connectivity index (χ0v) is 22.5. The Balaban J connectivity index is 1.60. The van der Waals surface area contributed by atoms with Gasteiger partial charge >= 0.3 is 5.97 Å². The molecule has 0 aliphatic carbocycles. The average molecular weight is 544 g/mol. The highest BCUT2D eigenvalue weighted by molar-refractivity contribution is 7.07. The average Bonchev–Trinajstić information content (AvgIpc) is 3.48. The number of aryl methyl sites for hydroxylation is 1. The Morgan fingerprint density at radius 2 is 1.90 bits per heavy atom. The fraction of sp³-hybridized carbons (Fsp3) is 0.207. The molecule has 1 aliphatic heterocycles. The number of carbonyl (C=O) groups excluding carboxylic acids is 1. The Morgan fingerprint density at radius 3 is 2.59 bits per heavy atom. The highest BCUT2D eigenvalue weighted by Gasteiger charge is 2.33. The second-order valence-corrected chi connectivity index (χ2v) is 10.4. The summed E-state index contributed by atoms with van der Waals surface area (Å²) in [7, 11) is 0. The van der Waals surface area contributed by atoms with Crippen LogP contribution in [0.5, 0.6) is 0 Å². The molecule has 0 saturated heterocycles. The van der Waals surface area contributed by atoms with E-state index >= 15 is 0 Å². The van der Waals surface area contributed by atoms with Gasteiger partial charge in [0.25, 0.3) is 11.2 Å². The van der Waals surface area contributed by atoms with E-state index in [4.69, 9.17) is 9.15 Å². The maximum atomic E-state index is 13.7. The summed E-state index contributed by atoms with van der Waals surface area (Å²) in [5.41, 5.74) is 2.36. The van der Waals surface area contributed by atoms with Crippen molar-refractivity contribution in [2.75, 3.05) is 0 Å². The SMILES string of the molecule is CC1=C(C(=O)OC(C)C)C(c2ccccc2)n2c(sc(=Cc3ccc(-c4ccc(C)c([N+](=O)[O-])c4)o3)c2=O)=N1. The molecule has 39 heavy (non-hydrogen) atoms. The van der Waals surface area contributed by atoms with Crippen LogP contribution in [0, 0.1) is 17.0 Å². The summed E-state index contributed by atoms with van der Waals surface area (Å²) < 4.78 is 13.3. The Hall–Kier alpha value is -4.57. The van der Waals surface area contributed by atoms with Gasteiger partial charge in [0, 0.05) is 23.3 Å². The lowest BCUT2D eigenvalue weighted by atomic mass is 9.96. The largest absolute Gasteiger partial charge is 0.459 e. The number of fused-ring (bicyclic) bond motifs is 1. The highest BCUT2D eigenvalue weighted by atomic mass is 32.1. The number of furan rings is 1. The van der Waals surface area contributed by atoms with E-state index in [1.807, 2.05) is 30.3 Å². The minimum Gasteiger partial charge on any atom is -0.459 e. The zero-order valence-electron chi connectivity index (χ0n) is 21.7. The van der Waals surface area contributed by atoms with E-state index in [0.717, 1.165) is 5.56 Å². The van der Waals surface area contributed by atoms with Gasteiger partial charge in [-0.15, -0.1) is 0 Å². The van der Waals surface area contributed by atoms with Crippen LogP contribution in [-0.4, -0.2) is 21.6 Å². The monoisotopic (exact) mass is 543 g/mol. The van der Waals surface area contributed by atoms with E-state index < -0.39 is 16.9 Å². The van der Waals surface area contributed by atoms with Crippen LogP contribution in [-0.2, 0) is 9.53 Å². The number of nitro groups is 1. The fourth-order valence-electron chi connectivity index (χ4n) is 4.49. The van der Waals surface area contributed by atoms with Crippen molar-refractivity contribution < 1.29 is 18.9 Å². The maximum absolute atomic E-state index is 13.7. The summed E-state index contributed by atoms with van der Waals surface area (Å²) in [6.45, 7) is 6.96. The van der Waals surface area contributed by atoms with Crippen molar-refractivity contribution >= 4 is 29.1 Å². The van der Waals surface area contributed by atoms with Crippen molar-refractivity contribution in [3.8, 4) is 11.3 Å². The quantitative estimate of drug-likeness (QED) is 0.198. The van der Waals surface area contributed by atoms with Crippen LogP contribution in [0.3, 0.4) is 0 Å². The Morgan fingerprint density at radius 1 is 1.15 bits per heavy atom. The minimum absolute atomic E-state index is 0.00170. The minimum atomic E-state index is -0.698. The number of allylic oxidation sites excluding steroid dienone is 1. The van der Waals surface area contributed by atoms with E-state index in [-0.39, 0.29) is 17.4 Å². The lowest BCUT2D eigenvalue weighted by Gasteiger charge is -2.25. The van der Waals surface area contributed by atoms with Gasteiger partial charge in [0.15, 0.2) is 4.80 Å². The van der Waals surface area contributed by atoms with Gasteiger partial charge in [-0.05, 0) is 45.4 Å². The molecule has 1 atom stereocenters. The number of hydrogen-bond donors (Lipinski definition) is 0. The van der Waals surface area contributed by atoms with Gasteiger partial charge in [-0.1, -0.05) is 53.8 Å². The van der Waals surface area contributed by atoms with Crippen LogP contribution in [0.15, 0.2) is 86.1 Å². The molecule has 1 unspecified atom stereocenters. The Labute approximate surface area is 227 Å². The molecule has 10 heteroatoms. The maximum Gasteiger partial charge on any atom is 0.338 e. The van der Waals surface area contributed by atoms with Gasteiger partial charge in [-0.25, -0.2) is 9.79 Å². The molecule has 0 fully saturated rings. The first kappa shape index (κ1) is 26.1. The summed E-state index contributed by atoms with van der Waals surface area (Å²) >= 11 is 1.19. The lowest BCUT2D eigenvalue weighted by molar-refractivity contribution is -0.385. The van der Waals surface area contributed by atoms with Gasteiger partial charge in [0.05, 0.1) is 32.9 Å². The first-order chi connectivity index (χ1) is 18.6. The number of aromatic nitrogens is 1. The molecule has 0 spiro atoms. The molecule has 0 amide bonds. The lowest BCUT2D eigenvalue weighted by Crippen LogP contribution is -2.40. The molecule has 9 nitrogen and oxygen atoms in total. The molecule has 2 aromatic carbocycles. The van der Waals surface area contributed by atoms with Crippen molar-refractivity contribution in [2.45, 2.75) is 39.8 Å². The number of benzene rings is 2. The van der Waals surface area contributed by atoms with Crippen molar-refractivity contribution in [1.82, 2.24) is 4.57 Å². The molecule has 2 aromatic heterocycles. The first-order valence-corrected chi connectivity index (χ1v) is 13.1. The van der Waals surface area contributed by atoms with Crippen molar-refractivity contribution in [2.24, 2.45) is 4.99 Å². The van der Waals surface area contributed by atoms with E-state index in [2.05, 4.69) is 4.99 Å². The Bertz CT molecular complexity index is 1810. The number of esters is 1. The number of ether oxygens (including phenoxy) is 1. The van der Waals surface area contributed by atoms with Crippen LogP contribution in [0.1, 0.15) is 43.7 Å². The molecule has 4 aromatic rings. The van der Waals surface area contributed by atoms with Crippen LogP contribution in [0.4, 0.5) is 5.69 Å². The zero-order chi connectivity index (χ0) is 27.8. The molecule has 0 saturated carbocycles. The molecular weight excluding hydrogens is 518 g/mol. The van der Waals surface area contributed by atoms with E-state index in [1.165, 1.54) is 22.0 Å². The number of rotatable bonds is 6. The topological polar surface area (TPSA) is 117 Å². The molecule has 0 bridgehead atoms. The second kappa shape index (κ2) is 10.3. The van der Waals surface area contributed by atoms with Crippen LogP contribution in [0.25, 0.3) is 17.4 Å². The smallest absolute Gasteiger partial charge is 0.338 e. The third-order valence-electron chi connectivity index (χ3n) is 6.29. The predicted octanol–water partition coefficient (Wildman–Crippen LogP) is 4.66. The molecule has 0 N–H and O–H groups in total. The van der Waals surface area contributed by atoms with Crippen LogP contribution >= 0.6 is 11.3 Å². The van der Waals surface area contributed by atoms with Crippen LogP contribution in [0.2, 0.25) is 0 Å². The molecule has 5 rings (SSSR count). The van der Waals surface area contributed by atoms with E-state index in [1.54, 1.807) is 58.0 Å². The summed E-state index contributed by atoms with van der Waals surface area (Å²) in [6, 6.07) is 16.9. The third kappa shape index (κ3) is 4.98. The van der Waals surface area contributed by atoms with E-state index in [0.29, 0.717) is 43.3 Å². The normalized spacial score (nSPS) is 15.3. The fourth-order valence-corrected chi connectivity index (χ4v) is 5.51. The molecule has 1 aliphatic rings. The van der Waals surface area contributed by atoms with Gasteiger partial charge < -0.3 is 9.15 Å². The summed E-state index contributed by atoms with van der Waals surface area (Å²) in [4.78, 5) is 42.8. The van der Waals surface area contributed by atoms with Crippen molar-refractivity contribution in [3.63, 3.8) is 0 Å². The predicted molar refractivity (Wildman–Crippen MR) is 147 cm³/mol. The van der Waals surface area contributed by atoms with Gasteiger partial charge in [-0.3, -0.25) is 19.5 Å². The first-order valence-electron chi connectivity index (χ1n) is 12.3. The molecule has 3 heterocycles. The number of carbonyl (C=O) groups is 1. The van der Waals surface area contributed by atoms with Gasteiger partial charge in [0.2, 0.25) is 0 Å².